The van der Waals surface area contributed by atoms with E-state index in [-0.39, 0.29) is 0 Å². The number of H-pyrrole nitrogens is 1. The molecule has 0 saturated carbocycles. The molecule has 1 heterocycles. The molecule has 1 aromatic heterocycles. The smallest absolute Gasteiger partial charge is 0.262 e. The van der Waals surface area contributed by atoms with E-state index >= 15 is 0 Å². The van der Waals surface area contributed by atoms with Crippen molar-refractivity contribution in [3.63, 3.8) is 0 Å². The second kappa shape index (κ2) is 4.75. The standard InChI is InChI=1S/C9H7BrClN3O2S/c10-7-3-1-2-6(4-7)5-8-12-9(14-13-8)17(11,15)16/h1-4H,5H2,(H,12,13,14). The summed E-state index contributed by atoms with van der Waals surface area (Å²) in [4.78, 5) is 3.80. The molecule has 2 rings (SSSR count). The number of nitrogens with zero attached hydrogens (tertiary/aromatic N) is 2. The molecule has 1 aromatic carbocycles. The monoisotopic (exact) mass is 335 g/mol. The summed E-state index contributed by atoms with van der Waals surface area (Å²) in [5.41, 5.74) is 0.981. The summed E-state index contributed by atoms with van der Waals surface area (Å²) in [5, 5.41) is 5.68. The number of rotatable bonds is 3. The second-order valence-corrected chi connectivity index (χ2v) is 6.68. The Morgan fingerprint density at radius 1 is 1.41 bits per heavy atom. The summed E-state index contributed by atoms with van der Waals surface area (Å²) in [7, 11) is 1.25. The van der Waals surface area contributed by atoms with Crippen LogP contribution in [0.3, 0.4) is 0 Å². The van der Waals surface area contributed by atoms with Gasteiger partial charge in [0.05, 0.1) is 0 Å². The van der Waals surface area contributed by atoms with E-state index in [1.807, 2.05) is 24.3 Å². The van der Waals surface area contributed by atoms with E-state index in [1.54, 1.807) is 0 Å². The summed E-state index contributed by atoms with van der Waals surface area (Å²) < 4.78 is 22.9. The van der Waals surface area contributed by atoms with Gasteiger partial charge in [-0.05, 0) is 17.7 Å². The van der Waals surface area contributed by atoms with E-state index in [1.165, 1.54) is 0 Å². The fraction of sp³-hybridized carbons (Fsp3) is 0.111. The Balaban J connectivity index is 2.23. The van der Waals surface area contributed by atoms with Crippen LogP contribution in [0.5, 0.6) is 0 Å². The summed E-state index contributed by atoms with van der Waals surface area (Å²) >= 11 is 3.35. The van der Waals surface area contributed by atoms with Crippen LogP contribution in [0.25, 0.3) is 0 Å². The van der Waals surface area contributed by atoms with Gasteiger partial charge in [-0.3, -0.25) is 5.10 Å². The van der Waals surface area contributed by atoms with Crippen molar-refractivity contribution in [1.29, 1.82) is 0 Å². The molecule has 0 atom stereocenters. The van der Waals surface area contributed by atoms with Gasteiger partial charge >= 0.3 is 0 Å². The van der Waals surface area contributed by atoms with Gasteiger partial charge in [-0.15, -0.1) is 5.10 Å². The number of aromatic nitrogens is 3. The third kappa shape index (κ3) is 3.27. The van der Waals surface area contributed by atoms with Crippen molar-refractivity contribution in [3.8, 4) is 0 Å². The highest BCUT2D eigenvalue weighted by Gasteiger charge is 2.16. The first-order valence-electron chi connectivity index (χ1n) is 4.55. The van der Waals surface area contributed by atoms with Crippen LogP contribution in [0.4, 0.5) is 0 Å². The number of hydrogen-bond acceptors (Lipinski definition) is 4. The maximum Gasteiger partial charge on any atom is 0.298 e. The lowest BCUT2D eigenvalue weighted by atomic mass is 10.1. The van der Waals surface area contributed by atoms with Crippen molar-refractivity contribution in [2.24, 2.45) is 0 Å². The van der Waals surface area contributed by atoms with Crippen LogP contribution in [0.15, 0.2) is 33.9 Å². The van der Waals surface area contributed by atoms with Gasteiger partial charge in [-0.25, -0.2) is 13.4 Å². The van der Waals surface area contributed by atoms with Crippen molar-refractivity contribution in [1.82, 2.24) is 15.2 Å². The predicted octanol–water partition coefficient (Wildman–Crippen LogP) is 2.09. The fourth-order valence-electron chi connectivity index (χ4n) is 1.31. The summed E-state index contributed by atoms with van der Waals surface area (Å²) in [6.45, 7) is 0. The topological polar surface area (TPSA) is 75.7 Å². The number of halogens is 2. The average molecular weight is 337 g/mol. The second-order valence-electron chi connectivity index (χ2n) is 3.31. The lowest BCUT2D eigenvalue weighted by Gasteiger charge is -1.97. The molecule has 5 nitrogen and oxygen atoms in total. The van der Waals surface area contributed by atoms with Crippen LogP contribution in [0, 0.1) is 0 Å². The molecule has 1 N–H and O–H groups in total. The summed E-state index contributed by atoms with van der Waals surface area (Å²) in [5.74, 6) is 0.447. The molecule has 0 aliphatic carbocycles. The Morgan fingerprint density at radius 2 is 2.18 bits per heavy atom. The largest absolute Gasteiger partial charge is 0.298 e. The number of aromatic amines is 1. The number of hydrogen-bond donors (Lipinski definition) is 1. The lowest BCUT2D eigenvalue weighted by molar-refractivity contribution is 0.602. The maximum absolute atomic E-state index is 11.0. The van der Waals surface area contributed by atoms with Crippen LogP contribution in [-0.4, -0.2) is 23.6 Å². The Morgan fingerprint density at radius 3 is 2.76 bits per heavy atom. The molecule has 0 fully saturated rings. The van der Waals surface area contributed by atoms with Gasteiger partial charge in [0, 0.05) is 21.6 Å². The van der Waals surface area contributed by atoms with Gasteiger partial charge in [-0.2, -0.15) is 0 Å². The van der Waals surface area contributed by atoms with Crippen LogP contribution >= 0.6 is 26.6 Å². The summed E-state index contributed by atoms with van der Waals surface area (Å²) in [6, 6.07) is 7.60. The molecular weight excluding hydrogens is 330 g/mol. The van der Waals surface area contributed by atoms with Crippen molar-refractivity contribution in [2.45, 2.75) is 11.6 Å². The first-order valence-corrected chi connectivity index (χ1v) is 7.66. The van der Waals surface area contributed by atoms with Gasteiger partial charge in [0.1, 0.15) is 5.82 Å². The minimum atomic E-state index is -3.87. The Kier molecular flexibility index (Phi) is 3.50. The van der Waals surface area contributed by atoms with E-state index in [9.17, 15) is 8.42 Å². The van der Waals surface area contributed by atoms with Crippen LogP contribution in [0.2, 0.25) is 0 Å². The Labute approximate surface area is 111 Å². The molecule has 0 spiro atoms. The van der Waals surface area contributed by atoms with Crippen molar-refractivity contribution < 1.29 is 8.42 Å². The number of nitrogens with one attached hydrogen (secondary N) is 1. The SMILES string of the molecule is O=S(=O)(Cl)c1n[nH]c(Cc2cccc(Br)c2)n1. The third-order valence-electron chi connectivity index (χ3n) is 1.99. The molecule has 17 heavy (non-hydrogen) atoms. The van der Waals surface area contributed by atoms with Crippen molar-refractivity contribution in [3.05, 3.63) is 40.1 Å². The Hall–Kier alpha value is -0.920. The normalized spacial score (nSPS) is 11.6. The summed E-state index contributed by atoms with van der Waals surface area (Å²) in [6.07, 6.45) is 0.457. The first-order chi connectivity index (χ1) is 7.95. The minimum Gasteiger partial charge on any atom is -0.262 e. The highest BCUT2D eigenvalue weighted by molar-refractivity contribution is 9.10. The zero-order valence-corrected chi connectivity index (χ0v) is 11.6. The van der Waals surface area contributed by atoms with E-state index in [0.29, 0.717) is 12.2 Å². The zero-order chi connectivity index (χ0) is 12.5. The van der Waals surface area contributed by atoms with Gasteiger partial charge < -0.3 is 0 Å². The minimum absolute atomic E-state index is 0.399. The van der Waals surface area contributed by atoms with Gasteiger partial charge in [0.2, 0.25) is 0 Å². The van der Waals surface area contributed by atoms with Gasteiger partial charge in [0.15, 0.2) is 0 Å². The molecule has 0 saturated heterocycles. The third-order valence-corrected chi connectivity index (χ3v) is 3.52. The molecular formula is C9H7BrClN3O2S. The fourth-order valence-corrected chi connectivity index (χ4v) is 2.33. The first kappa shape index (κ1) is 12.5. The van der Waals surface area contributed by atoms with E-state index < -0.39 is 14.2 Å². The molecule has 90 valence electrons. The van der Waals surface area contributed by atoms with Gasteiger partial charge in [0.25, 0.3) is 14.2 Å². The molecule has 0 bridgehead atoms. The lowest BCUT2D eigenvalue weighted by Crippen LogP contribution is -1.94. The molecule has 8 heteroatoms. The quantitative estimate of drug-likeness (QED) is 0.871. The van der Waals surface area contributed by atoms with E-state index in [0.717, 1.165) is 10.0 Å². The van der Waals surface area contributed by atoms with Crippen LogP contribution < -0.4 is 0 Å². The molecule has 0 unspecified atom stereocenters. The zero-order valence-electron chi connectivity index (χ0n) is 8.39. The number of benzene rings is 1. The van der Waals surface area contributed by atoms with E-state index in [2.05, 4.69) is 31.1 Å². The molecule has 2 aromatic rings. The van der Waals surface area contributed by atoms with Crippen LogP contribution in [-0.2, 0) is 15.5 Å². The molecule has 0 aliphatic rings. The maximum atomic E-state index is 11.0. The molecule has 0 amide bonds. The predicted molar refractivity (Wildman–Crippen MR) is 66.4 cm³/mol. The van der Waals surface area contributed by atoms with E-state index in [4.69, 9.17) is 10.7 Å². The van der Waals surface area contributed by atoms with Crippen molar-refractivity contribution >= 4 is 35.7 Å². The Bertz CT molecular complexity index is 641. The highest BCUT2D eigenvalue weighted by Crippen LogP contribution is 2.15. The van der Waals surface area contributed by atoms with Crippen LogP contribution in [0.1, 0.15) is 11.4 Å². The molecule has 0 aliphatic heterocycles. The van der Waals surface area contributed by atoms with Crippen molar-refractivity contribution in [2.75, 3.05) is 0 Å². The van der Waals surface area contributed by atoms with Gasteiger partial charge in [-0.1, -0.05) is 28.1 Å². The highest BCUT2D eigenvalue weighted by atomic mass is 79.9. The average Bonchev–Trinajstić information content (AvgIpc) is 2.65. The molecule has 0 radical (unpaired) electrons.